The Morgan fingerprint density at radius 2 is 1.80 bits per heavy atom. The van der Waals surface area contributed by atoms with Gasteiger partial charge in [0, 0.05) is 18.3 Å². The van der Waals surface area contributed by atoms with Crippen molar-refractivity contribution < 1.29 is 39.0 Å². The van der Waals surface area contributed by atoms with Crippen LogP contribution in [-0.2, 0) is 30.4 Å². The number of rotatable bonds is 4. The van der Waals surface area contributed by atoms with Crippen LogP contribution < -0.4 is 5.32 Å². The molecule has 9 heteroatoms. The zero-order chi connectivity index (χ0) is 26.0. The molecule has 1 aromatic carbocycles. The van der Waals surface area contributed by atoms with Gasteiger partial charge in [-0.3, -0.25) is 28.8 Å². The number of Topliss-reactive ketones (excluding diaryl/α,β-unsaturated/α-hetero) is 5. The van der Waals surface area contributed by atoms with E-state index in [4.69, 9.17) is 0 Å². The summed E-state index contributed by atoms with van der Waals surface area (Å²) in [4.78, 5) is 77.2. The summed E-state index contributed by atoms with van der Waals surface area (Å²) >= 11 is 0. The smallest absolute Gasteiger partial charge is 0.224 e. The molecule has 35 heavy (non-hydrogen) atoms. The van der Waals surface area contributed by atoms with Crippen LogP contribution in [0.1, 0.15) is 62.9 Å². The van der Waals surface area contributed by atoms with E-state index in [1.54, 1.807) is 6.07 Å². The number of ketones is 5. The fourth-order valence-electron chi connectivity index (χ4n) is 6.16. The van der Waals surface area contributed by atoms with Gasteiger partial charge in [0.2, 0.25) is 5.91 Å². The van der Waals surface area contributed by atoms with Crippen molar-refractivity contribution in [1.29, 1.82) is 0 Å². The van der Waals surface area contributed by atoms with Crippen molar-refractivity contribution in [3.63, 3.8) is 0 Å². The van der Waals surface area contributed by atoms with Gasteiger partial charge in [-0.05, 0) is 43.2 Å². The Balaban J connectivity index is 1.75. The molecule has 0 aliphatic heterocycles. The normalized spacial score (nSPS) is 32.1. The number of benzene rings is 1. The topological polar surface area (TPSA) is 155 Å². The van der Waals surface area contributed by atoms with Crippen LogP contribution in [0.5, 0.6) is 5.75 Å². The average molecular weight is 484 g/mol. The second kappa shape index (κ2) is 8.19. The van der Waals surface area contributed by atoms with Crippen LogP contribution in [0.15, 0.2) is 12.1 Å². The largest absolute Gasteiger partial charge is 0.505 e. The molecule has 0 bridgehead atoms. The summed E-state index contributed by atoms with van der Waals surface area (Å²) in [5.41, 5.74) is -3.73. The monoisotopic (exact) mass is 483 g/mol. The molecule has 2 unspecified atom stereocenters. The van der Waals surface area contributed by atoms with Crippen LogP contribution in [0.25, 0.3) is 0 Å². The first-order valence-electron chi connectivity index (χ1n) is 11.8. The van der Waals surface area contributed by atoms with Gasteiger partial charge in [-0.25, -0.2) is 0 Å². The standard InChI is InChI=1S/C26H29NO8/c1-11(2)7-17(30)27-15-6-5-13-8-14-9-25(4)10-16(29)18(12(3)28)23(33)26(25,35)24(34)20(14)22(32)19(13)21(15)31/h5-6,11,14,18,20,31,35H,7-10H2,1-4H3,(H,27,30)/t14-,18?,20?,25-,26+/m0/s1. The molecule has 3 aliphatic rings. The fraction of sp³-hybridized carbons (Fsp3) is 0.538. The number of anilines is 1. The number of carbonyl (C=O) groups is 6. The lowest BCUT2D eigenvalue weighted by Crippen LogP contribution is -2.72. The molecule has 2 saturated carbocycles. The third-order valence-corrected chi connectivity index (χ3v) is 7.75. The van der Waals surface area contributed by atoms with E-state index >= 15 is 0 Å². The number of aliphatic hydroxyl groups is 1. The van der Waals surface area contributed by atoms with Crippen molar-refractivity contribution >= 4 is 40.5 Å². The minimum absolute atomic E-state index is 0.0315. The fourth-order valence-corrected chi connectivity index (χ4v) is 6.16. The summed E-state index contributed by atoms with van der Waals surface area (Å²) in [5, 5.41) is 24.9. The van der Waals surface area contributed by atoms with Gasteiger partial charge in [0.25, 0.3) is 0 Å². The number of aromatic hydroxyl groups is 1. The summed E-state index contributed by atoms with van der Waals surface area (Å²) in [6.07, 6.45) is 0.120. The van der Waals surface area contributed by atoms with Crippen LogP contribution in [0.3, 0.4) is 0 Å². The third kappa shape index (κ3) is 3.55. The maximum atomic E-state index is 13.7. The average Bonchev–Trinajstić information content (AvgIpc) is 2.72. The first-order chi connectivity index (χ1) is 16.2. The molecule has 3 aliphatic carbocycles. The molecule has 0 heterocycles. The first-order valence-corrected chi connectivity index (χ1v) is 11.8. The summed E-state index contributed by atoms with van der Waals surface area (Å²) in [6, 6.07) is 3.10. The number of nitrogens with one attached hydrogen (secondary N) is 1. The van der Waals surface area contributed by atoms with Crippen LogP contribution in [0, 0.1) is 29.1 Å². The summed E-state index contributed by atoms with van der Waals surface area (Å²) in [5.74, 6) is -8.85. The number of carbonyl (C=O) groups excluding carboxylic acids is 6. The van der Waals surface area contributed by atoms with Crippen molar-refractivity contribution in [2.45, 2.75) is 59.0 Å². The maximum Gasteiger partial charge on any atom is 0.224 e. The van der Waals surface area contributed by atoms with Gasteiger partial charge in [-0.1, -0.05) is 26.8 Å². The van der Waals surface area contributed by atoms with Crippen molar-refractivity contribution in [3.8, 4) is 5.75 Å². The predicted octanol–water partition coefficient (Wildman–Crippen LogP) is 1.81. The molecule has 2 fully saturated rings. The number of phenols is 1. The van der Waals surface area contributed by atoms with Gasteiger partial charge in [-0.2, -0.15) is 0 Å². The predicted molar refractivity (Wildman–Crippen MR) is 123 cm³/mol. The SMILES string of the molecule is CC(=O)C1C(=O)C[C@]2(C)C[C@@H]3Cc4ccc(NC(=O)CC(C)C)c(O)c4C(=O)C3C(=O)[C@]2(O)C1=O. The molecule has 1 aromatic rings. The quantitative estimate of drug-likeness (QED) is 0.433. The Hall–Kier alpha value is -3.20. The van der Waals surface area contributed by atoms with Gasteiger partial charge in [-0.15, -0.1) is 0 Å². The summed E-state index contributed by atoms with van der Waals surface area (Å²) < 4.78 is 0. The molecule has 0 radical (unpaired) electrons. The minimum atomic E-state index is -2.66. The van der Waals surface area contributed by atoms with E-state index in [-0.39, 0.29) is 48.8 Å². The molecule has 0 saturated heterocycles. The van der Waals surface area contributed by atoms with E-state index in [9.17, 15) is 39.0 Å². The maximum absolute atomic E-state index is 13.7. The lowest BCUT2D eigenvalue weighted by atomic mass is 9.47. The Morgan fingerprint density at radius 1 is 1.14 bits per heavy atom. The Labute approximate surface area is 202 Å². The number of amides is 1. The van der Waals surface area contributed by atoms with E-state index in [2.05, 4.69) is 5.32 Å². The molecule has 3 N–H and O–H groups in total. The third-order valence-electron chi connectivity index (χ3n) is 7.75. The lowest BCUT2D eigenvalue weighted by molar-refractivity contribution is -0.188. The highest BCUT2D eigenvalue weighted by Crippen LogP contribution is 2.56. The van der Waals surface area contributed by atoms with Crippen LogP contribution in [0.2, 0.25) is 0 Å². The van der Waals surface area contributed by atoms with Gasteiger partial charge >= 0.3 is 0 Å². The zero-order valence-electron chi connectivity index (χ0n) is 20.1. The van der Waals surface area contributed by atoms with Gasteiger partial charge in [0.05, 0.1) is 17.2 Å². The van der Waals surface area contributed by atoms with E-state index in [1.807, 2.05) is 13.8 Å². The highest BCUT2D eigenvalue weighted by atomic mass is 16.3. The zero-order valence-corrected chi connectivity index (χ0v) is 20.1. The van der Waals surface area contributed by atoms with Gasteiger partial charge in [0.1, 0.15) is 17.5 Å². The highest BCUT2D eigenvalue weighted by Gasteiger charge is 2.70. The van der Waals surface area contributed by atoms with E-state index in [0.29, 0.717) is 5.56 Å². The Bertz CT molecular complexity index is 1200. The molecule has 1 amide bonds. The van der Waals surface area contributed by atoms with Crippen LogP contribution in [-0.4, -0.2) is 50.6 Å². The van der Waals surface area contributed by atoms with E-state index in [0.717, 1.165) is 6.92 Å². The van der Waals surface area contributed by atoms with Gasteiger partial charge < -0.3 is 15.5 Å². The molecule has 186 valence electrons. The number of hydrogen-bond donors (Lipinski definition) is 3. The molecule has 0 aromatic heterocycles. The number of phenolic OH excluding ortho intramolecular Hbond substituents is 1. The summed E-state index contributed by atoms with van der Waals surface area (Å²) in [7, 11) is 0. The Morgan fingerprint density at radius 3 is 2.40 bits per heavy atom. The van der Waals surface area contributed by atoms with E-state index in [1.165, 1.54) is 13.0 Å². The summed E-state index contributed by atoms with van der Waals surface area (Å²) in [6.45, 7) is 6.25. The molecule has 4 rings (SSSR count). The Kier molecular flexibility index (Phi) is 5.83. The lowest BCUT2D eigenvalue weighted by Gasteiger charge is -2.54. The minimum Gasteiger partial charge on any atom is -0.505 e. The first kappa shape index (κ1) is 24.9. The molecule has 0 spiro atoms. The number of hydrogen-bond acceptors (Lipinski definition) is 8. The second-order valence-corrected chi connectivity index (χ2v) is 10.8. The second-order valence-electron chi connectivity index (χ2n) is 10.8. The van der Waals surface area contributed by atoms with Crippen molar-refractivity contribution in [1.82, 2.24) is 0 Å². The van der Waals surface area contributed by atoms with Crippen molar-refractivity contribution in [2.24, 2.45) is 29.1 Å². The highest BCUT2D eigenvalue weighted by molar-refractivity contribution is 6.32. The molecule has 9 nitrogen and oxygen atoms in total. The van der Waals surface area contributed by atoms with Crippen molar-refractivity contribution in [3.05, 3.63) is 23.3 Å². The molecular weight excluding hydrogens is 454 g/mol. The molecular formula is C26H29NO8. The number of fused-ring (bicyclic) bond motifs is 3. The molecule has 5 atom stereocenters. The van der Waals surface area contributed by atoms with Crippen LogP contribution in [0.4, 0.5) is 5.69 Å². The van der Waals surface area contributed by atoms with E-state index < -0.39 is 63.4 Å². The van der Waals surface area contributed by atoms with Crippen LogP contribution >= 0.6 is 0 Å². The van der Waals surface area contributed by atoms with Gasteiger partial charge in [0.15, 0.2) is 28.7 Å². The van der Waals surface area contributed by atoms with Crippen molar-refractivity contribution in [2.75, 3.05) is 5.32 Å².